The number of rotatable bonds is 13. The van der Waals surface area contributed by atoms with E-state index in [9.17, 15) is 14.4 Å². The smallest absolute Gasteiger partial charge is 0.338 e. The fourth-order valence-corrected chi connectivity index (χ4v) is 4.45. The lowest BCUT2D eigenvalue weighted by molar-refractivity contribution is -0.113. The minimum Gasteiger partial charge on any atom is -0.497 e. The van der Waals surface area contributed by atoms with Gasteiger partial charge in [0.1, 0.15) is 5.75 Å². The molecule has 0 saturated heterocycles. The average Bonchev–Trinajstić information content (AvgIpc) is 3.32. The molecule has 1 heterocycles. The van der Waals surface area contributed by atoms with Gasteiger partial charge in [0.2, 0.25) is 5.91 Å². The summed E-state index contributed by atoms with van der Waals surface area (Å²) < 4.78 is 12.0. The van der Waals surface area contributed by atoms with E-state index in [-0.39, 0.29) is 30.1 Å². The van der Waals surface area contributed by atoms with E-state index in [0.29, 0.717) is 40.1 Å². The van der Waals surface area contributed by atoms with Crippen LogP contribution in [0.1, 0.15) is 53.4 Å². The summed E-state index contributed by atoms with van der Waals surface area (Å²) in [6.45, 7) is 10.2. The van der Waals surface area contributed by atoms with Gasteiger partial charge in [0, 0.05) is 17.8 Å². The van der Waals surface area contributed by atoms with Crippen molar-refractivity contribution in [1.29, 1.82) is 0 Å². The Hall–Kier alpha value is -4.12. The van der Waals surface area contributed by atoms with E-state index in [1.165, 1.54) is 11.8 Å². The maximum atomic E-state index is 13.0. The number of allylic oxidation sites excluding steroid dienone is 1. The van der Waals surface area contributed by atoms with Crippen LogP contribution in [0.3, 0.4) is 0 Å². The molecule has 0 aliphatic rings. The van der Waals surface area contributed by atoms with E-state index in [0.717, 1.165) is 0 Å². The van der Waals surface area contributed by atoms with Crippen molar-refractivity contribution >= 4 is 35.2 Å². The number of nitrogens with one attached hydrogen (secondary N) is 2. The molecule has 0 aliphatic heterocycles. The number of nitrogens with zero attached hydrogens (tertiary/aromatic N) is 3. The second-order valence-electron chi connectivity index (χ2n) is 8.80. The molecule has 1 aromatic heterocycles. The van der Waals surface area contributed by atoms with E-state index in [4.69, 9.17) is 9.47 Å². The Kier molecular flexibility index (Phi) is 10.7. The number of benzene rings is 2. The van der Waals surface area contributed by atoms with Crippen LogP contribution in [0.25, 0.3) is 0 Å². The molecule has 206 valence electrons. The predicted molar refractivity (Wildman–Crippen MR) is 150 cm³/mol. The summed E-state index contributed by atoms with van der Waals surface area (Å²) in [4.78, 5) is 37.6. The third-order valence-electron chi connectivity index (χ3n) is 5.63. The summed E-state index contributed by atoms with van der Waals surface area (Å²) in [5, 5.41) is 15.0. The molecule has 0 fully saturated rings. The van der Waals surface area contributed by atoms with Gasteiger partial charge in [-0.25, -0.2) is 4.79 Å². The average molecular weight is 552 g/mol. The first-order chi connectivity index (χ1) is 18.8. The standard InChI is InChI=1S/C28H33N5O5S/c1-6-15-33-25(24(18(3)4)30-26(35)19-11-13-22(37-5)14-12-19)31-32-28(33)39-17-23(34)29-21-10-8-9-20(16-21)27(36)38-7-2/h6,8-14,16,18,24H,1,7,15,17H2,2-5H3,(H,29,34)(H,30,35)/t24-/m1/s1. The summed E-state index contributed by atoms with van der Waals surface area (Å²) in [5.41, 5.74) is 1.34. The predicted octanol–water partition coefficient (Wildman–Crippen LogP) is 4.51. The van der Waals surface area contributed by atoms with Crippen molar-refractivity contribution < 1.29 is 23.9 Å². The molecule has 0 radical (unpaired) electrons. The highest BCUT2D eigenvalue weighted by Crippen LogP contribution is 2.26. The first-order valence-electron chi connectivity index (χ1n) is 12.5. The maximum absolute atomic E-state index is 13.0. The van der Waals surface area contributed by atoms with E-state index in [2.05, 4.69) is 27.4 Å². The molecule has 1 atom stereocenters. The van der Waals surface area contributed by atoms with Gasteiger partial charge in [0.25, 0.3) is 5.91 Å². The quantitative estimate of drug-likeness (QED) is 0.181. The molecule has 3 aromatic rings. The van der Waals surface area contributed by atoms with Crippen LogP contribution in [0.2, 0.25) is 0 Å². The van der Waals surface area contributed by atoms with Crippen molar-refractivity contribution in [3.63, 3.8) is 0 Å². The van der Waals surface area contributed by atoms with Gasteiger partial charge in [0.15, 0.2) is 11.0 Å². The zero-order valence-electron chi connectivity index (χ0n) is 22.5. The number of hydrogen-bond donors (Lipinski definition) is 2. The molecule has 2 amide bonds. The van der Waals surface area contributed by atoms with Crippen LogP contribution in [-0.2, 0) is 16.1 Å². The van der Waals surface area contributed by atoms with Crippen LogP contribution in [0.15, 0.2) is 66.3 Å². The number of esters is 1. The van der Waals surface area contributed by atoms with Crippen LogP contribution in [0.5, 0.6) is 5.75 Å². The highest BCUT2D eigenvalue weighted by molar-refractivity contribution is 7.99. The van der Waals surface area contributed by atoms with E-state index in [1.807, 2.05) is 18.4 Å². The van der Waals surface area contributed by atoms with Crippen molar-refractivity contribution in [2.24, 2.45) is 5.92 Å². The summed E-state index contributed by atoms with van der Waals surface area (Å²) in [5.74, 6) is 0.322. The van der Waals surface area contributed by atoms with Crippen molar-refractivity contribution in [2.45, 2.75) is 38.5 Å². The lowest BCUT2D eigenvalue weighted by Crippen LogP contribution is -2.33. The lowest BCUT2D eigenvalue weighted by atomic mass is 10.0. The third-order valence-corrected chi connectivity index (χ3v) is 6.60. The van der Waals surface area contributed by atoms with E-state index < -0.39 is 12.0 Å². The topological polar surface area (TPSA) is 124 Å². The van der Waals surface area contributed by atoms with Gasteiger partial charge in [-0.1, -0.05) is 37.8 Å². The zero-order valence-corrected chi connectivity index (χ0v) is 23.3. The summed E-state index contributed by atoms with van der Waals surface area (Å²) >= 11 is 1.21. The van der Waals surface area contributed by atoms with Crippen molar-refractivity contribution in [1.82, 2.24) is 20.1 Å². The number of hydrogen-bond acceptors (Lipinski definition) is 8. The number of ether oxygens (including phenoxy) is 2. The second-order valence-corrected chi connectivity index (χ2v) is 9.74. The van der Waals surface area contributed by atoms with Gasteiger partial charge >= 0.3 is 5.97 Å². The molecule has 0 unspecified atom stereocenters. The van der Waals surface area contributed by atoms with Gasteiger partial charge in [-0.05, 0) is 55.3 Å². The van der Waals surface area contributed by atoms with Crippen LogP contribution >= 0.6 is 11.8 Å². The Morgan fingerprint density at radius 3 is 2.49 bits per heavy atom. The fraction of sp³-hybridized carbons (Fsp3) is 0.321. The largest absolute Gasteiger partial charge is 0.497 e. The number of thioether (sulfide) groups is 1. The minimum atomic E-state index is -0.452. The molecule has 0 saturated carbocycles. The number of amides is 2. The normalized spacial score (nSPS) is 11.5. The summed E-state index contributed by atoms with van der Waals surface area (Å²) in [7, 11) is 1.57. The van der Waals surface area contributed by atoms with Crippen molar-refractivity contribution in [3.05, 3.63) is 78.1 Å². The molecule has 11 heteroatoms. The molecule has 0 spiro atoms. The van der Waals surface area contributed by atoms with Crippen molar-refractivity contribution in [2.75, 3.05) is 24.8 Å². The van der Waals surface area contributed by atoms with E-state index in [1.54, 1.807) is 68.6 Å². The number of anilines is 1. The number of methoxy groups -OCH3 is 1. The van der Waals surface area contributed by atoms with Gasteiger partial charge in [-0.3, -0.25) is 9.59 Å². The van der Waals surface area contributed by atoms with Gasteiger partial charge < -0.3 is 24.7 Å². The Labute approximate surface area is 232 Å². The summed E-state index contributed by atoms with van der Waals surface area (Å²) in [6, 6.07) is 13.0. The highest BCUT2D eigenvalue weighted by atomic mass is 32.2. The van der Waals surface area contributed by atoms with Crippen LogP contribution < -0.4 is 15.4 Å². The highest BCUT2D eigenvalue weighted by Gasteiger charge is 2.26. The van der Waals surface area contributed by atoms with Crippen LogP contribution in [0.4, 0.5) is 5.69 Å². The molecular weight excluding hydrogens is 518 g/mol. The first-order valence-corrected chi connectivity index (χ1v) is 13.4. The number of carbonyl (C=O) groups is 3. The monoisotopic (exact) mass is 551 g/mol. The maximum Gasteiger partial charge on any atom is 0.338 e. The Morgan fingerprint density at radius 1 is 1.10 bits per heavy atom. The summed E-state index contributed by atoms with van der Waals surface area (Å²) in [6.07, 6.45) is 1.71. The van der Waals surface area contributed by atoms with Crippen LogP contribution in [-0.4, -0.2) is 52.0 Å². The Morgan fingerprint density at radius 2 is 1.85 bits per heavy atom. The molecular formula is C28H33N5O5S. The Balaban J connectivity index is 1.71. The Bertz CT molecular complexity index is 1310. The number of aromatic nitrogens is 3. The van der Waals surface area contributed by atoms with Gasteiger partial charge in [-0.15, -0.1) is 16.8 Å². The minimum absolute atomic E-state index is 0.00721. The molecule has 39 heavy (non-hydrogen) atoms. The second kappa shape index (κ2) is 14.1. The van der Waals surface area contributed by atoms with Crippen molar-refractivity contribution in [3.8, 4) is 5.75 Å². The molecule has 10 nitrogen and oxygen atoms in total. The molecule has 3 rings (SSSR count). The number of carbonyl (C=O) groups excluding carboxylic acids is 3. The molecule has 0 bridgehead atoms. The van der Waals surface area contributed by atoms with Gasteiger partial charge in [0.05, 0.1) is 31.1 Å². The molecule has 2 N–H and O–H groups in total. The van der Waals surface area contributed by atoms with Crippen LogP contribution in [0, 0.1) is 5.92 Å². The molecule has 0 aliphatic carbocycles. The zero-order chi connectivity index (χ0) is 28.4. The fourth-order valence-electron chi connectivity index (χ4n) is 3.70. The first kappa shape index (κ1) is 29.4. The van der Waals surface area contributed by atoms with E-state index >= 15 is 0 Å². The molecule has 2 aromatic carbocycles. The third kappa shape index (κ3) is 7.93. The SMILES string of the molecule is C=CCn1c(SCC(=O)Nc2cccc(C(=O)OCC)c2)nnc1[C@H](NC(=O)c1ccc(OC)cc1)C(C)C. The lowest BCUT2D eigenvalue weighted by Gasteiger charge is -2.22. The van der Waals surface area contributed by atoms with Gasteiger partial charge in [-0.2, -0.15) is 0 Å².